The molecular weight excluding hydrogens is 293 g/mol. The molecule has 0 N–H and O–H groups in total. The first-order chi connectivity index (χ1) is 10.1. The van der Waals surface area contributed by atoms with Gasteiger partial charge >= 0.3 is 0 Å². The van der Waals surface area contributed by atoms with Gasteiger partial charge in [0, 0.05) is 12.7 Å². The van der Waals surface area contributed by atoms with Gasteiger partial charge in [-0.15, -0.1) is 0 Å². The summed E-state index contributed by atoms with van der Waals surface area (Å²) in [6.07, 6.45) is 2.04. The molecule has 0 atom stereocenters. The summed E-state index contributed by atoms with van der Waals surface area (Å²) in [5.41, 5.74) is 0.414. The maximum absolute atomic E-state index is 13.2. The van der Waals surface area contributed by atoms with E-state index in [0.717, 1.165) is 22.8 Å². The summed E-state index contributed by atoms with van der Waals surface area (Å²) in [5.74, 6) is -0.732. The molecule has 7 heteroatoms. The predicted octanol–water partition coefficient (Wildman–Crippen LogP) is 2.33. The van der Waals surface area contributed by atoms with E-state index in [1.807, 2.05) is 6.07 Å². The molecule has 21 heavy (non-hydrogen) atoms. The van der Waals surface area contributed by atoms with Crippen molar-refractivity contribution < 1.29 is 12.8 Å². The van der Waals surface area contributed by atoms with Gasteiger partial charge in [0.05, 0.1) is 24.4 Å². The van der Waals surface area contributed by atoms with Gasteiger partial charge in [-0.2, -0.15) is 5.26 Å². The highest BCUT2D eigenvalue weighted by atomic mass is 32.2. The second kappa shape index (κ2) is 6.33. The van der Waals surface area contributed by atoms with Crippen LogP contribution in [0.3, 0.4) is 0 Å². The first-order valence-electron chi connectivity index (χ1n) is 6.11. The highest BCUT2D eigenvalue weighted by Gasteiger charge is 2.25. The lowest BCUT2D eigenvalue weighted by molar-refractivity contribution is 0.584. The number of para-hydroxylation sites is 1. The van der Waals surface area contributed by atoms with Crippen LogP contribution >= 0.6 is 0 Å². The van der Waals surface area contributed by atoms with Crippen LogP contribution in [0, 0.1) is 17.1 Å². The van der Waals surface area contributed by atoms with Crippen LogP contribution in [-0.4, -0.2) is 19.9 Å². The van der Waals surface area contributed by atoms with Gasteiger partial charge < -0.3 is 0 Å². The molecule has 0 fully saturated rings. The molecule has 0 radical (unpaired) electrons. The van der Waals surface area contributed by atoms with Gasteiger partial charge in [0.2, 0.25) is 0 Å². The second-order valence-electron chi connectivity index (χ2n) is 4.16. The van der Waals surface area contributed by atoms with Crippen LogP contribution < -0.4 is 4.31 Å². The minimum absolute atomic E-state index is 0.0145. The van der Waals surface area contributed by atoms with Crippen molar-refractivity contribution in [1.82, 2.24) is 4.98 Å². The predicted molar refractivity (Wildman–Crippen MR) is 75.4 cm³/mol. The fourth-order valence-corrected chi connectivity index (χ4v) is 3.24. The third-order valence-corrected chi connectivity index (χ3v) is 4.53. The average Bonchev–Trinajstić information content (AvgIpc) is 2.48. The Morgan fingerprint density at radius 2 is 1.95 bits per heavy atom. The Morgan fingerprint density at radius 3 is 2.57 bits per heavy atom. The standard InChI is InChI=1S/C14H12FN3O2S/c15-12-9-14(11-17-10-12)21(19,20)18(8-4-7-16)13-5-2-1-3-6-13/h1-3,5-6,9-11H,4,8H2. The van der Waals surface area contributed by atoms with Crippen LogP contribution in [0.1, 0.15) is 6.42 Å². The van der Waals surface area contributed by atoms with Gasteiger partial charge in [0.15, 0.2) is 0 Å². The summed E-state index contributed by atoms with van der Waals surface area (Å²) in [4.78, 5) is 3.31. The van der Waals surface area contributed by atoms with Crippen molar-refractivity contribution in [3.63, 3.8) is 0 Å². The molecule has 1 aromatic carbocycles. The van der Waals surface area contributed by atoms with Crippen molar-refractivity contribution >= 4 is 15.7 Å². The topological polar surface area (TPSA) is 74.1 Å². The van der Waals surface area contributed by atoms with Gasteiger partial charge in [-0.25, -0.2) is 12.8 Å². The van der Waals surface area contributed by atoms with Crippen LogP contribution in [0.5, 0.6) is 0 Å². The van der Waals surface area contributed by atoms with E-state index in [4.69, 9.17) is 5.26 Å². The summed E-state index contributed by atoms with van der Waals surface area (Å²) in [5, 5.41) is 8.70. The fraction of sp³-hybridized carbons (Fsp3) is 0.143. The smallest absolute Gasteiger partial charge is 0.265 e. The van der Waals surface area contributed by atoms with E-state index < -0.39 is 15.8 Å². The molecule has 0 amide bonds. The maximum atomic E-state index is 13.2. The third-order valence-electron chi connectivity index (χ3n) is 2.74. The van der Waals surface area contributed by atoms with Gasteiger partial charge in [-0.3, -0.25) is 9.29 Å². The van der Waals surface area contributed by atoms with Crippen molar-refractivity contribution in [3.05, 3.63) is 54.6 Å². The number of sulfonamides is 1. The molecule has 0 saturated carbocycles. The largest absolute Gasteiger partial charge is 0.265 e. The summed E-state index contributed by atoms with van der Waals surface area (Å²) < 4.78 is 39.5. The number of aromatic nitrogens is 1. The molecule has 108 valence electrons. The second-order valence-corrected chi connectivity index (χ2v) is 6.02. The normalized spacial score (nSPS) is 10.9. The van der Waals surface area contributed by atoms with Crippen molar-refractivity contribution in [2.75, 3.05) is 10.8 Å². The zero-order chi connectivity index (χ0) is 15.3. The molecule has 0 aliphatic rings. The third kappa shape index (κ3) is 3.35. The number of pyridine rings is 1. The summed E-state index contributed by atoms with van der Waals surface area (Å²) in [6.45, 7) is -0.0145. The monoisotopic (exact) mass is 305 g/mol. The number of hydrogen-bond acceptors (Lipinski definition) is 4. The van der Waals surface area contributed by atoms with Gasteiger partial charge in [-0.05, 0) is 18.2 Å². The van der Waals surface area contributed by atoms with E-state index in [-0.39, 0.29) is 17.9 Å². The minimum Gasteiger partial charge on any atom is -0.265 e. The Hall–Kier alpha value is -2.46. The number of rotatable bonds is 5. The quantitative estimate of drug-likeness (QED) is 0.849. The summed E-state index contributed by atoms with van der Waals surface area (Å²) in [6, 6.07) is 11.2. The van der Waals surface area contributed by atoms with E-state index in [1.54, 1.807) is 30.3 Å². The molecule has 1 aromatic heterocycles. The molecule has 0 unspecified atom stereocenters. The number of anilines is 1. The Balaban J connectivity index is 2.48. The van der Waals surface area contributed by atoms with E-state index >= 15 is 0 Å². The molecule has 2 aromatic rings. The molecule has 0 aliphatic carbocycles. The molecule has 0 aliphatic heterocycles. The van der Waals surface area contributed by atoms with Crippen LogP contribution in [0.4, 0.5) is 10.1 Å². The van der Waals surface area contributed by atoms with Crippen molar-refractivity contribution in [1.29, 1.82) is 5.26 Å². The van der Waals surface area contributed by atoms with Crippen LogP contribution in [0.25, 0.3) is 0 Å². The van der Waals surface area contributed by atoms with Crippen LogP contribution in [0.15, 0.2) is 53.7 Å². The summed E-state index contributed by atoms with van der Waals surface area (Å²) >= 11 is 0. The Bertz CT molecular complexity index is 757. The van der Waals surface area contributed by atoms with E-state index in [2.05, 4.69) is 4.98 Å². The molecule has 2 rings (SSSR count). The molecule has 0 bridgehead atoms. The highest BCUT2D eigenvalue weighted by molar-refractivity contribution is 7.92. The average molecular weight is 305 g/mol. The van der Waals surface area contributed by atoms with Crippen molar-refractivity contribution in [2.24, 2.45) is 0 Å². The lowest BCUT2D eigenvalue weighted by atomic mass is 10.3. The zero-order valence-corrected chi connectivity index (χ0v) is 11.8. The maximum Gasteiger partial charge on any atom is 0.265 e. The number of nitrogens with zero attached hydrogens (tertiary/aromatic N) is 3. The fourth-order valence-electron chi connectivity index (χ4n) is 1.79. The van der Waals surface area contributed by atoms with Crippen molar-refractivity contribution in [3.8, 4) is 6.07 Å². The van der Waals surface area contributed by atoms with Gasteiger partial charge in [0.1, 0.15) is 10.7 Å². The lowest BCUT2D eigenvalue weighted by Crippen LogP contribution is -2.32. The first-order valence-corrected chi connectivity index (χ1v) is 7.55. The van der Waals surface area contributed by atoms with E-state index in [0.29, 0.717) is 5.69 Å². The SMILES string of the molecule is N#CCCN(c1ccccc1)S(=O)(=O)c1cncc(F)c1. The Morgan fingerprint density at radius 1 is 1.24 bits per heavy atom. The molecule has 0 saturated heterocycles. The van der Waals surface area contributed by atoms with Crippen LogP contribution in [-0.2, 0) is 10.0 Å². The summed E-state index contributed by atoms with van der Waals surface area (Å²) in [7, 11) is -3.97. The van der Waals surface area contributed by atoms with Crippen molar-refractivity contribution in [2.45, 2.75) is 11.3 Å². The Kier molecular flexibility index (Phi) is 4.50. The van der Waals surface area contributed by atoms with Gasteiger partial charge in [-0.1, -0.05) is 18.2 Å². The number of hydrogen-bond donors (Lipinski definition) is 0. The number of halogens is 1. The molecule has 0 spiro atoms. The Labute approximate surface area is 122 Å². The lowest BCUT2D eigenvalue weighted by Gasteiger charge is -2.23. The first kappa shape index (κ1) is 14.9. The number of nitriles is 1. The molecular formula is C14H12FN3O2S. The molecule has 1 heterocycles. The minimum atomic E-state index is -3.97. The van der Waals surface area contributed by atoms with E-state index in [1.165, 1.54) is 0 Å². The molecule has 5 nitrogen and oxygen atoms in total. The van der Waals surface area contributed by atoms with E-state index in [9.17, 15) is 12.8 Å². The van der Waals surface area contributed by atoms with Gasteiger partial charge in [0.25, 0.3) is 10.0 Å². The highest BCUT2D eigenvalue weighted by Crippen LogP contribution is 2.23. The zero-order valence-electron chi connectivity index (χ0n) is 11.0. The van der Waals surface area contributed by atoms with Crippen LogP contribution in [0.2, 0.25) is 0 Å². The number of benzene rings is 1.